The summed E-state index contributed by atoms with van der Waals surface area (Å²) in [5.41, 5.74) is 0.104. The van der Waals surface area contributed by atoms with E-state index in [0.717, 1.165) is 18.5 Å². The van der Waals surface area contributed by atoms with Crippen molar-refractivity contribution in [2.24, 2.45) is 0 Å². The van der Waals surface area contributed by atoms with Gasteiger partial charge in [-0.15, -0.1) is 0 Å². The zero-order valence-corrected chi connectivity index (χ0v) is 17.4. The molecule has 0 spiro atoms. The Morgan fingerprint density at radius 1 is 1.17 bits per heavy atom. The molecule has 1 amide bonds. The Bertz CT molecular complexity index is 898. The van der Waals surface area contributed by atoms with E-state index in [0.29, 0.717) is 13.1 Å². The second-order valence-corrected chi connectivity index (χ2v) is 8.15. The number of likely N-dealkylation sites (tertiary alicyclic amines) is 1. The molecule has 0 aliphatic carbocycles. The summed E-state index contributed by atoms with van der Waals surface area (Å²) >= 11 is 0. The molecule has 1 aromatic heterocycles. The summed E-state index contributed by atoms with van der Waals surface area (Å²) in [4.78, 5) is 34.2. The molecule has 1 fully saturated rings. The molecule has 9 heteroatoms. The van der Waals surface area contributed by atoms with E-state index < -0.39 is 11.6 Å². The third-order valence-corrected chi connectivity index (χ3v) is 4.51. The first kappa shape index (κ1) is 21.4. The SMILES string of the molecule is CC(C)(C)OC(=O)N1CCCC(Nc2ncnc(Nc3ccccc3)c2C(=O)O)C1. The molecule has 1 aromatic carbocycles. The number of aromatic carboxylic acids is 1. The fourth-order valence-electron chi connectivity index (χ4n) is 3.23. The predicted octanol–water partition coefficient (Wildman–Crippen LogP) is 3.73. The number of aromatic nitrogens is 2. The number of hydrogen-bond donors (Lipinski definition) is 3. The third kappa shape index (κ3) is 5.59. The highest BCUT2D eigenvalue weighted by molar-refractivity contribution is 5.99. The average molecular weight is 413 g/mol. The molecule has 160 valence electrons. The van der Waals surface area contributed by atoms with Crippen molar-refractivity contribution >= 4 is 29.4 Å². The molecule has 30 heavy (non-hydrogen) atoms. The molecule has 1 saturated heterocycles. The molecule has 1 atom stereocenters. The lowest BCUT2D eigenvalue weighted by Gasteiger charge is -2.34. The monoisotopic (exact) mass is 413 g/mol. The van der Waals surface area contributed by atoms with Crippen molar-refractivity contribution in [1.82, 2.24) is 14.9 Å². The summed E-state index contributed by atoms with van der Waals surface area (Å²) in [6.45, 7) is 6.48. The smallest absolute Gasteiger partial charge is 0.410 e. The van der Waals surface area contributed by atoms with E-state index in [1.165, 1.54) is 6.33 Å². The maximum Gasteiger partial charge on any atom is 0.410 e. The maximum atomic E-state index is 12.4. The number of amides is 1. The van der Waals surface area contributed by atoms with Gasteiger partial charge in [-0.1, -0.05) is 18.2 Å². The van der Waals surface area contributed by atoms with Crippen molar-refractivity contribution in [3.63, 3.8) is 0 Å². The summed E-state index contributed by atoms with van der Waals surface area (Å²) in [5, 5.41) is 16.0. The van der Waals surface area contributed by atoms with Gasteiger partial charge in [0, 0.05) is 24.8 Å². The van der Waals surface area contributed by atoms with Crippen molar-refractivity contribution in [1.29, 1.82) is 0 Å². The van der Waals surface area contributed by atoms with Crippen LogP contribution in [0.1, 0.15) is 44.0 Å². The average Bonchev–Trinajstić information content (AvgIpc) is 2.67. The van der Waals surface area contributed by atoms with Crippen LogP contribution in [0.15, 0.2) is 36.7 Å². The summed E-state index contributed by atoms with van der Waals surface area (Å²) in [6, 6.07) is 9.05. The van der Waals surface area contributed by atoms with Crippen molar-refractivity contribution in [2.45, 2.75) is 45.3 Å². The molecule has 3 N–H and O–H groups in total. The minimum Gasteiger partial charge on any atom is -0.477 e. The highest BCUT2D eigenvalue weighted by Crippen LogP contribution is 2.25. The third-order valence-electron chi connectivity index (χ3n) is 4.51. The van der Waals surface area contributed by atoms with E-state index in [9.17, 15) is 14.7 Å². The summed E-state index contributed by atoms with van der Waals surface area (Å²) < 4.78 is 5.45. The molecule has 2 aromatic rings. The van der Waals surface area contributed by atoms with Crippen molar-refractivity contribution in [3.8, 4) is 0 Å². The number of carboxylic acid groups (broad SMARTS) is 1. The van der Waals surface area contributed by atoms with Crippen LogP contribution in [0, 0.1) is 0 Å². The Morgan fingerprint density at radius 2 is 1.87 bits per heavy atom. The Hall–Kier alpha value is -3.36. The van der Waals surface area contributed by atoms with E-state index in [1.807, 2.05) is 51.1 Å². The zero-order valence-electron chi connectivity index (χ0n) is 17.4. The summed E-state index contributed by atoms with van der Waals surface area (Å²) in [7, 11) is 0. The number of nitrogens with zero attached hydrogens (tertiary/aromatic N) is 3. The number of carbonyl (C=O) groups excluding carboxylic acids is 1. The van der Waals surface area contributed by atoms with Gasteiger partial charge in [0.15, 0.2) is 5.82 Å². The van der Waals surface area contributed by atoms with Crippen LogP contribution in [0.2, 0.25) is 0 Å². The summed E-state index contributed by atoms with van der Waals surface area (Å²) in [5.74, 6) is -0.727. The Balaban J connectivity index is 1.76. The predicted molar refractivity (Wildman–Crippen MR) is 113 cm³/mol. The van der Waals surface area contributed by atoms with E-state index in [-0.39, 0.29) is 29.3 Å². The Kier molecular flexibility index (Phi) is 6.39. The van der Waals surface area contributed by atoms with Crippen molar-refractivity contribution < 1.29 is 19.4 Å². The van der Waals surface area contributed by atoms with E-state index in [4.69, 9.17) is 4.74 Å². The topological polar surface area (TPSA) is 117 Å². The molecule has 1 aliphatic heterocycles. The van der Waals surface area contributed by atoms with Gasteiger partial charge in [-0.2, -0.15) is 0 Å². The number of hydrogen-bond acceptors (Lipinski definition) is 7. The maximum absolute atomic E-state index is 12.4. The molecule has 9 nitrogen and oxygen atoms in total. The molecular formula is C21H27N5O4. The van der Waals surface area contributed by atoms with Crippen LogP contribution in [-0.2, 0) is 4.74 Å². The lowest BCUT2D eigenvalue weighted by molar-refractivity contribution is 0.0205. The van der Waals surface area contributed by atoms with Gasteiger partial charge in [-0.3, -0.25) is 0 Å². The lowest BCUT2D eigenvalue weighted by atomic mass is 10.1. The quantitative estimate of drug-likeness (QED) is 0.679. The van der Waals surface area contributed by atoms with E-state index in [2.05, 4.69) is 20.6 Å². The minimum atomic E-state index is -1.14. The first-order valence-corrected chi connectivity index (χ1v) is 9.88. The van der Waals surface area contributed by atoms with Gasteiger partial charge in [-0.25, -0.2) is 19.6 Å². The van der Waals surface area contributed by atoms with Crippen LogP contribution < -0.4 is 10.6 Å². The molecule has 1 unspecified atom stereocenters. The number of ether oxygens (including phenoxy) is 1. The van der Waals surface area contributed by atoms with Crippen LogP contribution in [0.4, 0.5) is 22.1 Å². The molecule has 1 aliphatic rings. The van der Waals surface area contributed by atoms with Gasteiger partial charge in [0.25, 0.3) is 0 Å². The molecule has 3 rings (SSSR count). The van der Waals surface area contributed by atoms with E-state index >= 15 is 0 Å². The number of anilines is 3. The van der Waals surface area contributed by atoms with Crippen LogP contribution in [0.3, 0.4) is 0 Å². The van der Waals surface area contributed by atoms with Gasteiger partial charge in [0.1, 0.15) is 23.3 Å². The van der Waals surface area contributed by atoms with Gasteiger partial charge in [0.2, 0.25) is 0 Å². The zero-order chi connectivity index (χ0) is 21.7. The standard InChI is InChI=1S/C21H27N5O4/c1-21(2,3)30-20(29)26-11-7-10-15(12-26)25-18-16(19(27)28)17(22-13-23-18)24-14-8-5-4-6-9-14/h4-6,8-9,13,15H,7,10-12H2,1-3H3,(H,27,28)(H2,22,23,24,25). The second kappa shape index (κ2) is 8.98. The van der Waals surface area contributed by atoms with Gasteiger partial charge in [-0.05, 0) is 45.7 Å². The highest BCUT2D eigenvalue weighted by atomic mass is 16.6. The van der Waals surface area contributed by atoms with Crippen molar-refractivity contribution in [3.05, 3.63) is 42.2 Å². The normalized spacial score (nSPS) is 16.6. The lowest BCUT2D eigenvalue weighted by Crippen LogP contribution is -2.47. The van der Waals surface area contributed by atoms with Gasteiger partial charge >= 0.3 is 12.1 Å². The Labute approximate surface area is 175 Å². The second-order valence-electron chi connectivity index (χ2n) is 8.15. The largest absolute Gasteiger partial charge is 0.477 e. The number of benzene rings is 1. The molecule has 2 heterocycles. The van der Waals surface area contributed by atoms with Crippen LogP contribution in [-0.4, -0.2) is 56.8 Å². The number of para-hydroxylation sites is 1. The molecule has 0 saturated carbocycles. The number of nitrogens with one attached hydrogen (secondary N) is 2. The van der Waals surface area contributed by atoms with Crippen LogP contribution in [0.25, 0.3) is 0 Å². The fraction of sp³-hybridized carbons (Fsp3) is 0.429. The molecule has 0 radical (unpaired) electrons. The molecular weight excluding hydrogens is 386 g/mol. The number of rotatable bonds is 5. The first-order valence-electron chi connectivity index (χ1n) is 9.88. The van der Waals surface area contributed by atoms with Gasteiger partial charge in [0.05, 0.1) is 0 Å². The highest BCUT2D eigenvalue weighted by Gasteiger charge is 2.29. The number of carboxylic acids is 1. The van der Waals surface area contributed by atoms with Crippen LogP contribution in [0.5, 0.6) is 0 Å². The fourth-order valence-corrected chi connectivity index (χ4v) is 3.23. The number of piperidine rings is 1. The number of carbonyl (C=O) groups is 2. The molecule has 0 bridgehead atoms. The minimum absolute atomic E-state index is 0.0456. The summed E-state index contributed by atoms with van der Waals surface area (Å²) in [6.07, 6.45) is 2.50. The Morgan fingerprint density at radius 3 is 2.53 bits per heavy atom. The first-order chi connectivity index (χ1) is 14.2. The van der Waals surface area contributed by atoms with Crippen LogP contribution >= 0.6 is 0 Å². The van der Waals surface area contributed by atoms with Crippen molar-refractivity contribution in [2.75, 3.05) is 23.7 Å². The van der Waals surface area contributed by atoms with E-state index in [1.54, 1.807) is 4.90 Å². The van der Waals surface area contributed by atoms with Gasteiger partial charge < -0.3 is 25.4 Å².